The van der Waals surface area contributed by atoms with Gasteiger partial charge in [0, 0.05) is 5.92 Å². The molecule has 0 fully saturated rings. The lowest BCUT2D eigenvalue weighted by Crippen LogP contribution is -2.10. The van der Waals surface area contributed by atoms with E-state index in [1.54, 1.807) is 0 Å². The lowest BCUT2D eigenvalue weighted by Gasteiger charge is -2.19. The molecule has 0 bridgehead atoms. The Labute approximate surface area is 92.3 Å². The van der Waals surface area contributed by atoms with Crippen LogP contribution in [0.4, 0.5) is 0 Å². The second kappa shape index (κ2) is 3.69. The maximum atomic E-state index is 2.25. The molecule has 0 heterocycles. The van der Waals surface area contributed by atoms with Crippen molar-refractivity contribution in [2.75, 3.05) is 0 Å². The van der Waals surface area contributed by atoms with Crippen molar-refractivity contribution in [3.05, 3.63) is 59.7 Å². The number of hydrogen-bond acceptors (Lipinski definition) is 0. The molecular weight excluding hydrogens is 180 g/mol. The minimum atomic E-state index is 0.250. The van der Waals surface area contributed by atoms with Gasteiger partial charge in [0.1, 0.15) is 0 Å². The molecule has 0 saturated heterocycles. The highest BCUT2D eigenvalue weighted by Crippen LogP contribution is 2.27. The molecule has 0 heteroatoms. The van der Waals surface area contributed by atoms with Crippen molar-refractivity contribution in [2.24, 2.45) is 0 Å². The second-order valence-electron chi connectivity index (χ2n) is 5.17. The molecule has 0 N–H and O–H groups in total. The Morgan fingerprint density at radius 1 is 0.867 bits per heavy atom. The van der Waals surface area contributed by atoms with Crippen LogP contribution in [0.25, 0.3) is 0 Å². The number of benzene rings is 1. The van der Waals surface area contributed by atoms with E-state index in [2.05, 4.69) is 69.3 Å². The van der Waals surface area contributed by atoms with Crippen LogP contribution in [-0.4, -0.2) is 0 Å². The maximum Gasteiger partial charge on any atom is 0.0204 e. The van der Waals surface area contributed by atoms with E-state index < -0.39 is 0 Å². The van der Waals surface area contributed by atoms with E-state index in [0.29, 0.717) is 5.92 Å². The van der Waals surface area contributed by atoms with E-state index >= 15 is 0 Å². The zero-order chi connectivity index (χ0) is 10.9. The Hall–Kier alpha value is -1.30. The molecular formula is C15H18. The van der Waals surface area contributed by atoms with Crippen molar-refractivity contribution in [3.8, 4) is 0 Å². The Kier molecular flexibility index (Phi) is 2.52. The average molecular weight is 198 g/mol. The molecule has 0 spiro atoms. The Bertz CT molecular complexity index is 373. The first-order chi connectivity index (χ1) is 7.07. The fraction of sp³-hybridized carbons (Fsp3) is 0.333. The summed E-state index contributed by atoms with van der Waals surface area (Å²) in [5.41, 5.74) is 3.03. The number of allylic oxidation sites excluding steroid dienone is 4. The summed E-state index contributed by atoms with van der Waals surface area (Å²) in [5.74, 6) is 0.485. The SMILES string of the molecule is CC(C)(C)c1ccc(C2C=CC=C2)cc1. The van der Waals surface area contributed by atoms with E-state index in [-0.39, 0.29) is 5.41 Å². The van der Waals surface area contributed by atoms with Crippen molar-refractivity contribution in [2.45, 2.75) is 32.1 Å². The van der Waals surface area contributed by atoms with Crippen LogP contribution >= 0.6 is 0 Å². The van der Waals surface area contributed by atoms with Gasteiger partial charge in [-0.1, -0.05) is 69.3 Å². The van der Waals surface area contributed by atoms with Crippen molar-refractivity contribution in [1.82, 2.24) is 0 Å². The Morgan fingerprint density at radius 2 is 1.40 bits per heavy atom. The Morgan fingerprint density at radius 3 is 1.87 bits per heavy atom. The molecule has 0 aromatic heterocycles. The van der Waals surface area contributed by atoms with Gasteiger partial charge in [0.05, 0.1) is 0 Å². The fourth-order valence-corrected chi connectivity index (χ4v) is 1.86. The van der Waals surface area contributed by atoms with E-state index in [4.69, 9.17) is 0 Å². The van der Waals surface area contributed by atoms with Crippen LogP contribution in [0.15, 0.2) is 48.6 Å². The molecule has 1 aliphatic carbocycles. The normalized spacial score (nSPS) is 16.2. The van der Waals surface area contributed by atoms with Gasteiger partial charge >= 0.3 is 0 Å². The monoisotopic (exact) mass is 198 g/mol. The lowest BCUT2D eigenvalue weighted by atomic mass is 9.86. The van der Waals surface area contributed by atoms with E-state index in [1.807, 2.05) is 0 Å². The van der Waals surface area contributed by atoms with Crippen molar-refractivity contribution in [1.29, 1.82) is 0 Å². The minimum absolute atomic E-state index is 0.250. The van der Waals surface area contributed by atoms with Crippen LogP contribution < -0.4 is 0 Å². The van der Waals surface area contributed by atoms with Crippen LogP contribution in [0, 0.1) is 0 Å². The van der Waals surface area contributed by atoms with Crippen LogP contribution in [-0.2, 0) is 5.41 Å². The topological polar surface area (TPSA) is 0 Å². The van der Waals surface area contributed by atoms with Crippen LogP contribution in [0.2, 0.25) is 0 Å². The summed E-state index contributed by atoms with van der Waals surface area (Å²) >= 11 is 0. The van der Waals surface area contributed by atoms with Gasteiger partial charge in [-0.3, -0.25) is 0 Å². The second-order valence-corrected chi connectivity index (χ2v) is 5.17. The van der Waals surface area contributed by atoms with Gasteiger partial charge in [0.15, 0.2) is 0 Å². The largest absolute Gasteiger partial charge is 0.0732 e. The summed E-state index contributed by atoms with van der Waals surface area (Å²) in [4.78, 5) is 0. The summed E-state index contributed by atoms with van der Waals surface area (Å²) in [6.45, 7) is 6.74. The highest BCUT2D eigenvalue weighted by Gasteiger charge is 2.14. The van der Waals surface area contributed by atoms with Crippen molar-refractivity contribution >= 4 is 0 Å². The third kappa shape index (κ3) is 2.20. The quantitative estimate of drug-likeness (QED) is 0.634. The first-order valence-electron chi connectivity index (χ1n) is 5.53. The van der Waals surface area contributed by atoms with Gasteiger partial charge in [0.2, 0.25) is 0 Å². The zero-order valence-electron chi connectivity index (χ0n) is 9.70. The minimum Gasteiger partial charge on any atom is -0.0732 e. The highest BCUT2D eigenvalue weighted by molar-refractivity contribution is 5.37. The fourth-order valence-electron chi connectivity index (χ4n) is 1.86. The molecule has 1 aromatic rings. The Balaban J connectivity index is 2.24. The standard InChI is InChI=1S/C15H18/c1-15(2,3)14-10-8-13(9-11-14)12-6-4-5-7-12/h4-12H,1-3H3. The van der Waals surface area contributed by atoms with Gasteiger partial charge in [-0.15, -0.1) is 0 Å². The zero-order valence-corrected chi connectivity index (χ0v) is 9.70. The molecule has 0 nitrogen and oxygen atoms in total. The molecule has 1 aliphatic rings. The van der Waals surface area contributed by atoms with Crippen LogP contribution in [0.3, 0.4) is 0 Å². The third-order valence-electron chi connectivity index (χ3n) is 2.91. The highest BCUT2D eigenvalue weighted by atomic mass is 14.2. The predicted molar refractivity (Wildman–Crippen MR) is 66.2 cm³/mol. The van der Waals surface area contributed by atoms with Crippen molar-refractivity contribution < 1.29 is 0 Å². The number of rotatable bonds is 1. The first kappa shape index (κ1) is 10.2. The molecule has 2 rings (SSSR count). The van der Waals surface area contributed by atoms with Crippen LogP contribution in [0.1, 0.15) is 37.8 Å². The molecule has 15 heavy (non-hydrogen) atoms. The van der Waals surface area contributed by atoms with Crippen molar-refractivity contribution in [3.63, 3.8) is 0 Å². The summed E-state index contributed by atoms with van der Waals surface area (Å²) < 4.78 is 0. The third-order valence-corrected chi connectivity index (χ3v) is 2.91. The molecule has 0 radical (unpaired) electrons. The van der Waals surface area contributed by atoms with Gasteiger partial charge in [-0.25, -0.2) is 0 Å². The lowest BCUT2D eigenvalue weighted by molar-refractivity contribution is 0.590. The average Bonchev–Trinajstić information content (AvgIpc) is 2.69. The molecule has 0 atom stereocenters. The van der Waals surface area contributed by atoms with Crippen LogP contribution in [0.5, 0.6) is 0 Å². The summed E-state index contributed by atoms with van der Waals surface area (Å²) in [5, 5.41) is 0. The van der Waals surface area contributed by atoms with Gasteiger partial charge in [-0.2, -0.15) is 0 Å². The molecule has 0 aliphatic heterocycles. The number of hydrogen-bond donors (Lipinski definition) is 0. The summed E-state index contributed by atoms with van der Waals surface area (Å²) in [6, 6.07) is 8.97. The van der Waals surface area contributed by atoms with E-state index in [0.717, 1.165) is 0 Å². The molecule has 0 saturated carbocycles. The molecule has 78 valence electrons. The van der Waals surface area contributed by atoms with E-state index in [9.17, 15) is 0 Å². The summed E-state index contributed by atoms with van der Waals surface area (Å²) in [6.07, 6.45) is 8.68. The smallest absolute Gasteiger partial charge is 0.0204 e. The first-order valence-corrected chi connectivity index (χ1v) is 5.53. The van der Waals surface area contributed by atoms with Gasteiger partial charge < -0.3 is 0 Å². The predicted octanol–water partition coefficient (Wildman–Crippen LogP) is 4.19. The summed E-state index contributed by atoms with van der Waals surface area (Å²) in [7, 11) is 0. The van der Waals surface area contributed by atoms with E-state index in [1.165, 1.54) is 11.1 Å². The molecule has 1 aromatic carbocycles. The van der Waals surface area contributed by atoms with Gasteiger partial charge in [-0.05, 0) is 16.5 Å². The molecule has 0 amide bonds. The van der Waals surface area contributed by atoms with Gasteiger partial charge in [0.25, 0.3) is 0 Å². The molecule has 0 unspecified atom stereocenters. The maximum absolute atomic E-state index is 2.25.